The summed E-state index contributed by atoms with van der Waals surface area (Å²) >= 11 is 2.48. The number of esters is 1. The molecule has 4 aliphatic rings. The first-order valence-corrected chi connectivity index (χ1v) is 25.2. The zero-order chi connectivity index (χ0) is 47.3. The molecule has 3 heterocycles. The van der Waals surface area contributed by atoms with E-state index in [-0.39, 0.29) is 48.2 Å². The standard InChI is InChI=1S/C51H80INO11/c1-31-16-12-11-13-17-33(3)43(60-8)30-39-22-20-37(7)51(59,64-39)48(56)49(57)53-25-15-14-18-41(53)50(58)63-42(34(4)28-38-21-23-40(52)44(29-38)61-9)24-19-32(2)27-36(6)46(55)47(62-10)45(54)35(5)26-31/h11-13,16-17,27,31-32,34-35,37-44,46-47,55,59H,14-15,18-26,28-30H2,1-10H3/b13-11+,16-12+,33-17+,36-27+/t31-,32+,34-,35-,37-,38+,39+,40-,41+,42+,43+,44-,46-,47+,51-/m1/s1. The molecule has 1 aliphatic carbocycles. The van der Waals surface area contributed by atoms with Crippen LogP contribution in [0.3, 0.4) is 0 Å². The third-order valence-corrected chi connectivity index (χ3v) is 15.9. The Labute approximate surface area is 397 Å². The number of carbonyl (C=O) groups excluding carboxylic acids is 4. The van der Waals surface area contributed by atoms with E-state index in [9.17, 15) is 29.4 Å². The van der Waals surface area contributed by atoms with Crippen molar-refractivity contribution in [3.8, 4) is 0 Å². The van der Waals surface area contributed by atoms with Crippen molar-refractivity contribution in [2.24, 2.45) is 35.5 Å². The van der Waals surface area contributed by atoms with Crippen molar-refractivity contribution in [3.63, 3.8) is 0 Å². The van der Waals surface area contributed by atoms with Crippen LogP contribution in [0.4, 0.5) is 0 Å². The van der Waals surface area contributed by atoms with Crippen LogP contribution in [0.2, 0.25) is 0 Å². The fraction of sp³-hybridized carbons (Fsp3) is 0.765. The lowest BCUT2D eigenvalue weighted by Crippen LogP contribution is -2.61. The van der Waals surface area contributed by atoms with Crippen LogP contribution < -0.4 is 0 Å². The number of cyclic esters (lactones) is 1. The van der Waals surface area contributed by atoms with Crippen LogP contribution in [-0.2, 0) is 42.9 Å². The first kappa shape index (κ1) is 54.3. The third kappa shape index (κ3) is 14.6. The Kier molecular flexibility index (Phi) is 21.9. The van der Waals surface area contributed by atoms with Gasteiger partial charge in [0.2, 0.25) is 5.79 Å². The van der Waals surface area contributed by atoms with Gasteiger partial charge < -0.3 is 38.8 Å². The van der Waals surface area contributed by atoms with Crippen molar-refractivity contribution in [1.82, 2.24) is 4.90 Å². The van der Waals surface area contributed by atoms with Crippen LogP contribution in [0.1, 0.15) is 132 Å². The van der Waals surface area contributed by atoms with E-state index < -0.39 is 59.8 Å². The molecule has 3 aliphatic heterocycles. The average molecular weight is 1010 g/mol. The lowest BCUT2D eigenvalue weighted by atomic mass is 9.79. The van der Waals surface area contributed by atoms with E-state index in [0.717, 1.165) is 31.3 Å². The highest BCUT2D eigenvalue weighted by Gasteiger charge is 2.53. The average Bonchev–Trinajstić information content (AvgIpc) is 3.27. The molecule has 0 radical (unpaired) electrons. The summed E-state index contributed by atoms with van der Waals surface area (Å²) in [5.41, 5.74) is 1.54. The minimum absolute atomic E-state index is 0.0207. The molecule has 362 valence electrons. The van der Waals surface area contributed by atoms with Crippen LogP contribution in [0, 0.1) is 35.5 Å². The number of piperidine rings is 1. The second kappa shape index (κ2) is 25.7. The van der Waals surface area contributed by atoms with E-state index in [1.54, 1.807) is 21.1 Å². The quantitative estimate of drug-likeness (QED) is 0.0865. The number of hydrogen-bond donors (Lipinski definition) is 2. The van der Waals surface area contributed by atoms with Crippen molar-refractivity contribution >= 4 is 46.0 Å². The van der Waals surface area contributed by atoms with Crippen molar-refractivity contribution < 1.29 is 53.1 Å². The van der Waals surface area contributed by atoms with Gasteiger partial charge in [-0.1, -0.05) is 93.7 Å². The molecule has 64 heavy (non-hydrogen) atoms. The number of carbonyl (C=O) groups is 4. The number of alkyl halides is 1. The Morgan fingerprint density at radius 3 is 2.27 bits per heavy atom. The van der Waals surface area contributed by atoms with Crippen LogP contribution in [0.25, 0.3) is 0 Å². The number of hydrogen-bond acceptors (Lipinski definition) is 11. The Bertz CT molecular complexity index is 1680. The molecule has 1 amide bonds. The number of allylic oxidation sites excluding steroid dienone is 6. The number of amides is 1. The molecule has 15 atom stereocenters. The second-order valence-electron chi connectivity index (χ2n) is 19.6. The zero-order valence-corrected chi connectivity index (χ0v) is 42.5. The van der Waals surface area contributed by atoms with Gasteiger partial charge >= 0.3 is 5.97 Å². The summed E-state index contributed by atoms with van der Waals surface area (Å²) in [5, 5.41) is 23.4. The maximum absolute atomic E-state index is 14.4. The molecule has 0 spiro atoms. The van der Waals surface area contributed by atoms with Gasteiger partial charge in [-0.2, -0.15) is 0 Å². The number of fused-ring (bicyclic) bond motifs is 3. The Morgan fingerprint density at radius 1 is 0.844 bits per heavy atom. The number of ketones is 2. The lowest BCUT2D eigenvalue weighted by Gasteiger charge is -2.42. The number of nitrogens with zero attached hydrogens (tertiary/aromatic N) is 1. The summed E-state index contributed by atoms with van der Waals surface area (Å²) in [6.07, 6.45) is 16.9. The molecule has 2 bridgehead atoms. The van der Waals surface area contributed by atoms with Gasteiger partial charge in [-0.15, -0.1) is 0 Å². The van der Waals surface area contributed by atoms with E-state index in [1.807, 2.05) is 64.2 Å². The van der Waals surface area contributed by atoms with Gasteiger partial charge in [0.15, 0.2) is 5.78 Å². The second-order valence-corrected chi connectivity index (χ2v) is 21.2. The summed E-state index contributed by atoms with van der Waals surface area (Å²) in [4.78, 5) is 57.9. The molecular formula is C51H80INO11. The molecule has 2 saturated heterocycles. The van der Waals surface area contributed by atoms with E-state index in [1.165, 1.54) is 12.0 Å². The highest BCUT2D eigenvalue weighted by molar-refractivity contribution is 14.1. The number of aliphatic hydroxyl groups excluding tert-OH is 1. The summed E-state index contributed by atoms with van der Waals surface area (Å²) in [5.74, 6) is -5.67. The number of halogens is 1. The van der Waals surface area contributed by atoms with Gasteiger partial charge in [-0.25, -0.2) is 4.79 Å². The van der Waals surface area contributed by atoms with E-state index in [0.29, 0.717) is 73.2 Å². The Morgan fingerprint density at radius 2 is 1.58 bits per heavy atom. The molecule has 0 aromatic heterocycles. The fourth-order valence-electron chi connectivity index (χ4n) is 10.3. The highest BCUT2D eigenvalue weighted by Crippen LogP contribution is 2.38. The molecule has 13 heteroatoms. The molecule has 0 unspecified atom stereocenters. The largest absolute Gasteiger partial charge is 0.461 e. The number of Topliss-reactive ketones (excluding diaryl/α,β-unsaturated/α-hetero) is 2. The molecule has 3 fully saturated rings. The summed E-state index contributed by atoms with van der Waals surface area (Å²) < 4.78 is 30.4. The van der Waals surface area contributed by atoms with E-state index in [2.05, 4.69) is 36.4 Å². The predicted molar refractivity (Wildman–Crippen MR) is 257 cm³/mol. The molecule has 1 saturated carbocycles. The highest BCUT2D eigenvalue weighted by atomic mass is 127. The smallest absolute Gasteiger partial charge is 0.329 e. The normalized spacial score (nSPS) is 40.8. The maximum atomic E-state index is 14.4. The molecule has 0 aromatic rings. The SMILES string of the molecule is CO[C@H]1C[C@@H]2CC[C@@H](C)[C@@](O)(O2)C(=O)C(=O)N2CCCC[C@H]2C(=O)O[C@H]([C@H](C)C[C@@H]2CC[C@@H](I)[C@H](OC)C2)CC[C@H](C)/C=C(\C)[C@@H](O)[C@@H](OC)C(=O)[C@H](C)C[C@H](C)/C=C/C=C/C=C/1C. The molecule has 12 nitrogen and oxygen atoms in total. The molecule has 4 rings (SSSR count). The lowest BCUT2D eigenvalue weighted by molar-refractivity contribution is -0.265. The van der Waals surface area contributed by atoms with Crippen molar-refractivity contribution in [2.75, 3.05) is 27.9 Å². The van der Waals surface area contributed by atoms with E-state index in [4.69, 9.17) is 23.7 Å². The van der Waals surface area contributed by atoms with Crippen molar-refractivity contribution in [1.29, 1.82) is 0 Å². The third-order valence-electron chi connectivity index (χ3n) is 14.5. The van der Waals surface area contributed by atoms with Crippen LogP contribution in [0.15, 0.2) is 47.6 Å². The predicted octanol–water partition coefficient (Wildman–Crippen LogP) is 8.44. The van der Waals surface area contributed by atoms with Gasteiger partial charge in [-0.3, -0.25) is 14.4 Å². The Hall–Kier alpha value is -2.27. The topological polar surface area (TPSA) is 158 Å². The number of rotatable bonds is 6. The first-order valence-electron chi connectivity index (χ1n) is 23.9. The summed E-state index contributed by atoms with van der Waals surface area (Å²) in [6, 6.07) is -0.987. The van der Waals surface area contributed by atoms with Gasteiger partial charge in [0.05, 0.1) is 18.3 Å². The first-order chi connectivity index (χ1) is 30.3. The van der Waals surface area contributed by atoms with Crippen LogP contribution >= 0.6 is 22.6 Å². The van der Waals surface area contributed by atoms with E-state index >= 15 is 0 Å². The van der Waals surface area contributed by atoms with Gasteiger partial charge in [0.25, 0.3) is 11.7 Å². The Balaban J connectivity index is 1.67. The number of aliphatic hydroxyl groups is 2. The zero-order valence-electron chi connectivity index (χ0n) is 40.3. The van der Waals surface area contributed by atoms with Crippen LogP contribution in [-0.4, -0.2) is 119 Å². The van der Waals surface area contributed by atoms with Crippen molar-refractivity contribution in [3.05, 3.63) is 47.6 Å². The summed E-state index contributed by atoms with van der Waals surface area (Å²) in [7, 11) is 4.82. The minimum Gasteiger partial charge on any atom is -0.461 e. The monoisotopic (exact) mass is 1010 g/mol. The van der Waals surface area contributed by atoms with Gasteiger partial charge in [-0.05, 0) is 126 Å². The van der Waals surface area contributed by atoms with Crippen LogP contribution in [0.5, 0.6) is 0 Å². The molecular weight excluding hydrogens is 929 g/mol. The minimum atomic E-state index is -2.36. The number of methoxy groups -OCH3 is 3. The number of ether oxygens (including phenoxy) is 5. The molecule has 2 N–H and O–H groups in total. The van der Waals surface area contributed by atoms with Crippen molar-refractivity contribution in [2.45, 2.75) is 184 Å². The van der Waals surface area contributed by atoms with Gasteiger partial charge in [0.1, 0.15) is 24.4 Å². The fourth-order valence-corrected chi connectivity index (χ4v) is 11.2. The maximum Gasteiger partial charge on any atom is 0.329 e. The molecule has 0 aromatic carbocycles. The van der Waals surface area contributed by atoms with Gasteiger partial charge in [0, 0.05) is 50.1 Å². The summed E-state index contributed by atoms with van der Waals surface area (Å²) in [6.45, 7) is 13.7.